The zero-order chi connectivity index (χ0) is 23.7. The predicted molar refractivity (Wildman–Crippen MR) is 134 cm³/mol. The fourth-order valence-corrected chi connectivity index (χ4v) is 6.17. The summed E-state index contributed by atoms with van der Waals surface area (Å²) in [4.78, 5) is 15.1. The van der Waals surface area contributed by atoms with Gasteiger partial charge in [-0.15, -0.1) is 0 Å². The van der Waals surface area contributed by atoms with Crippen LogP contribution in [-0.2, 0) is 15.2 Å². The first-order valence-electron chi connectivity index (χ1n) is 12.2. The Bertz CT molecular complexity index is 1020. The molecule has 3 aliphatic rings. The van der Waals surface area contributed by atoms with Crippen LogP contribution in [-0.4, -0.2) is 72.8 Å². The van der Waals surface area contributed by atoms with Crippen molar-refractivity contribution in [2.24, 2.45) is 0 Å². The van der Waals surface area contributed by atoms with Crippen molar-refractivity contribution in [2.45, 2.75) is 56.9 Å². The van der Waals surface area contributed by atoms with Crippen molar-refractivity contribution in [3.63, 3.8) is 0 Å². The van der Waals surface area contributed by atoms with Gasteiger partial charge in [0.15, 0.2) is 0 Å². The smallest absolute Gasteiger partial charge is 0.254 e. The molecule has 34 heavy (non-hydrogen) atoms. The summed E-state index contributed by atoms with van der Waals surface area (Å²) in [5.41, 5.74) is 4.07. The standard InChI is InChI=1S/C27H34N2O4S/c1-18-7-8-19(2)24(11-18)27(30)28-15-25(31-3)26(16-28)33-21-6-4-5-20(12-21)17-34-29-13-22-9-10-23(14-29)32-22/h4-8,11-12,22-23,25-26H,9-10,13-17H2,1-3H3. The molecule has 182 valence electrons. The van der Waals surface area contributed by atoms with Gasteiger partial charge in [0.2, 0.25) is 0 Å². The Labute approximate surface area is 206 Å². The number of carbonyl (C=O) groups is 1. The Morgan fingerprint density at radius 2 is 1.79 bits per heavy atom. The summed E-state index contributed by atoms with van der Waals surface area (Å²) in [6.07, 6.45) is 2.84. The lowest BCUT2D eigenvalue weighted by atomic mass is 10.0. The molecule has 5 rings (SSSR count). The average Bonchev–Trinajstić information content (AvgIpc) is 3.41. The van der Waals surface area contributed by atoms with Gasteiger partial charge in [0.1, 0.15) is 18.0 Å². The number of ether oxygens (including phenoxy) is 3. The van der Waals surface area contributed by atoms with Crippen molar-refractivity contribution in [2.75, 3.05) is 33.3 Å². The average molecular weight is 483 g/mol. The predicted octanol–water partition coefficient (Wildman–Crippen LogP) is 4.23. The van der Waals surface area contributed by atoms with Gasteiger partial charge >= 0.3 is 0 Å². The van der Waals surface area contributed by atoms with Gasteiger partial charge in [0.25, 0.3) is 5.91 Å². The highest BCUT2D eigenvalue weighted by molar-refractivity contribution is 7.96. The monoisotopic (exact) mass is 482 g/mol. The van der Waals surface area contributed by atoms with Crippen molar-refractivity contribution >= 4 is 17.9 Å². The number of morpholine rings is 1. The third-order valence-corrected chi connectivity index (χ3v) is 8.16. The minimum Gasteiger partial charge on any atom is -0.486 e. The van der Waals surface area contributed by atoms with E-state index in [4.69, 9.17) is 14.2 Å². The first-order chi connectivity index (χ1) is 16.5. The van der Waals surface area contributed by atoms with E-state index in [0.717, 1.165) is 41.3 Å². The van der Waals surface area contributed by atoms with E-state index >= 15 is 0 Å². The third kappa shape index (κ3) is 5.28. The second-order valence-electron chi connectivity index (χ2n) is 9.68. The molecule has 2 aromatic carbocycles. The number of benzene rings is 2. The van der Waals surface area contributed by atoms with Crippen LogP contribution in [0.15, 0.2) is 42.5 Å². The molecule has 3 saturated heterocycles. The fraction of sp³-hybridized carbons (Fsp3) is 0.519. The van der Waals surface area contributed by atoms with Gasteiger partial charge in [0.05, 0.1) is 25.3 Å². The van der Waals surface area contributed by atoms with Crippen molar-refractivity contribution in [3.8, 4) is 5.75 Å². The first-order valence-corrected chi connectivity index (χ1v) is 13.1. The highest BCUT2D eigenvalue weighted by Gasteiger charge is 2.38. The van der Waals surface area contributed by atoms with Crippen LogP contribution in [0.5, 0.6) is 5.75 Å². The summed E-state index contributed by atoms with van der Waals surface area (Å²) < 4.78 is 20.5. The number of fused-ring (bicyclic) bond motifs is 2. The Kier molecular flexibility index (Phi) is 7.16. The summed E-state index contributed by atoms with van der Waals surface area (Å²) >= 11 is 1.88. The Morgan fingerprint density at radius 1 is 1.03 bits per heavy atom. The van der Waals surface area contributed by atoms with Crippen LogP contribution in [0.25, 0.3) is 0 Å². The topological polar surface area (TPSA) is 51.2 Å². The Hall–Kier alpha value is -2.06. The summed E-state index contributed by atoms with van der Waals surface area (Å²) in [5.74, 6) is 1.78. The van der Waals surface area contributed by atoms with Crippen molar-refractivity contribution in [3.05, 3.63) is 64.7 Å². The molecule has 2 aromatic rings. The maximum atomic E-state index is 13.2. The number of hydrogen-bond acceptors (Lipinski definition) is 6. The van der Waals surface area contributed by atoms with Gasteiger partial charge in [-0.1, -0.05) is 41.8 Å². The number of likely N-dealkylation sites (tertiary alicyclic amines) is 1. The molecule has 0 aliphatic carbocycles. The van der Waals surface area contributed by atoms with E-state index in [2.05, 4.69) is 16.4 Å². The zero-order valence-corrected chi connectivity index (χ0v) is 21.1. The van der Waals surface area contributed by atoms with Crippen molar-refractivity contribution in [1.29, 1.82) is 0 Å². The second kappa shape index (κ2) is 10.3. The Balaban J connectivity index is 1.20. The summed E-state index contributed by atoms with van der Waals surface area (Å²) in [6, 6.07) is 14.3. The van der Waals surface area contributed by atoms with Crippen LogP contribution in [0.4, 0.5) is 0 Å². The molecule has 3 fully saturated rings. The molecule has 0 radical (unpaired) electrons. The largest absolute Gasteiger partial charge is 0.486 e. The van der Waals surface area contributed by atoms with E-state index in [9.17, 15) is 4.79 Å². The molecule has 4 atom stereocenters. The van der Waals surface area contributed by atoms with Gasteiger partial charge in [-0.3, -0.25) is 4.79 Å². The molecule has 1 amide bonds. The lowest BCUT2D eigenvalue weighted by Gasteiger charge is -2.31. The molecule has 7 heteroatoms. The summed E-state index contributed by atoms with van der Waals surface area (Å²) in [6.45, 7) is 7.06. The van der Waals surface area contributed by atoms with Gasteiger partial charge in [0, 0.05) is 31.5 Å². The van der Waals surface area contributed by atoms with Crippen LogP contribution in [0, 0.1) is 13.8 Å². The van der Waals surface area contributed by atoms with Gasteiger partial charge < -0.3 is 19.1 Å². The molecule has 3 aliphatic heterocycles. The van der Waals surface area contributed by atoms with E-state index in [1.807, 2.05) is 61.0 Å². The number of carbonyl (C=O) groups excluding carboxylic acids is 1. The van der Waals surface area contributed by atoms with Crippen LogP contribution in [0.1, 0.15) is 39.9 Å². The van der Waals surface area contributed by atoms with Crippen LogP contribution in [0.2, 0.25) is 0 Å². The number of methoxy groups -OCH3 is 1. The number of hydrogen-bond donors (Lipinski definition) is 0. The second-order valence-corrected chi connectivity index (χ2v) is 10.7. The maximum absolute atomic E-state index is 13.2. The van der Waals surface area contributed by atoms with Gasteiger partial charge in [-0.05, 0) is 56.0 Å². The fourth-order valence-electron chi connectivity index (χ4n) is 5.12. The summed E-state index contributed by atoms with van der Waals surface area (Å²) in [7, 11) is 1.69. The lowest BCUT2D eigenvalue weighted by Crippen LogP contribution is -2.38. The maximum Gasteiger partial charge on any atom is 0.254 e. The molecular weight excluding hydrogens is 448 g/mol. The third-order valence-electron chi connectivity index (χ3n) is 7.04. The molecular formula is C27H34N2O4S. The van der Waals surface area contributed by atoms with E-state index in [1.165, 1.54) is 18.4 Å². The molecule has 0 aromatic heterocycles. The van der Waals surface area contributed by atoms with Crippen LogP contribution in [0.3, 0.4) is 0 Å². The SMILES string of the molecule is COC1CN(C(=O)c2cc(C)ccc2C)CC1Oc1cccc(CSN2CC3CCC(C2)O3)c1. The number of rotatable bonds is 7. The van der Waals surface area contributed by atoms with E-state index in [0.29, 0.717) is 25.3 Å². The zero-order valence-electron chi connectivity index (χ0n) is 20.2. The molecule has 3 heterocycles. The highest BCUT2D eigenvalue weighted by atomic mass is 32.2. The van der Waals surface area contributed by atoms with Crippen molar-refractivity contribution in [1.82, 2.24) is 9.21 Å². The Morgan fingerprint density at radius 3 is 2.56 bits per heavy atom. The quantitative estimate of drug-likeness (QED) is 0.551. The van der Waals surface area contributed by atoms with Gasteiger partial charge in [-0.25, -0.2) is 4.31 Å². The minimum absolute atomic E-state index is 0.0407. The molecule has 0 N–H and O–H groups in total. The van der Waals surface area contributed by atoms with E-state index in [-0.39, 0.29) is 18.1 Å². The molecule has 0 saturated carbocycles. The molecule has 4 unspecified atom stereocenters. The van der Waals surface area contributed by atoms with E-state index < -0.39 is 0 Å². The number of aryl methyl sites for hydroxylation is 2. The van der Waals surface area contributed by atoms with E-state index in [1.54, 1.807) is 7.11 Å². The number of nitrogens with zero attached hydrogens (tertiary/aromatic N) is 2. The van der Waals surface area contributed by atoms with Crippen LogP contribution < -0.4 is 4.74 Å². The molecule has 0 spiro atoms. The van der Waals surface area contributed by atoms with Crippen molar-refractivity contribution < 1.29 is 19.0 Å². The summed E-state index contributed by atoms with van der Waals surface area (Å²) in [5, 5.41) is 0. The normalized spacial score (nSPS) is 26.7. The minimum atomic E-state index is -0.197. The lowest BCUT2D eigenvalue weighted by molar-refractivity contribution is -0.00841. The first kappa shape index (κ1) is 23.7. The van der Waals surface area contributed by atoms with Crippen LogP contribution >= 0.6 is 11.9 Å². The highest BCUT2D eigenvalue weighted by Crippen LogP contribution is 2.32. The van der Waals surface area contributed by atoms with Gasteiger partial charge in [-0.2, -0.15) is 0 Å². The molecule has 2 bridgehead atoms. The molecule has 6 nitrogen and oxygen atoms in total. The number of amides is 1.